The van der Waals surface area contributed by atoms with Gasteiger partial charge in [0, 0.05) is 5.75 Å². The zero-order valence-corrected chi connectivity index (χ0v) is 16.7. The fraction of sp³-hybridized carbons (Fsp3) is 0.0909. The summed E-state index contributed by atoms with van der Waals surface area (Å²) in [7, 11) is 1.64. The molecule has 0 spiro atoms. The molecule has 0 fully saturated rings. The number of fused-ring (bicyclic) bond motifs is 1. The highest BCUT2D eigenvalue weighted by atomic mass is 35.5. The van der Waals surface area contributed by atoms with Gasteiger partial charge in [-0.05, 0) is 42.0 Å². The Morgan fingerprint density at radius 2 is 1.71 bits per heavy atom. The molecular weight excluding hydrogens is 392 g/mol. The molecule has 0 amide bonds. The second-order valence-electron chi connectivity index (χ2n) is 6.14. The average Bonchev–Trinajstić information content (AvgIpc) is 2.73. The van der Waals surface area contributed by atoms with Crippen molar-refractivity contribution in [1.29, 1.82) is 0 Å². The number of methoxy groups -OCH3 is 1. The van der Waals surface area contributed by atoms with Crippen LogP contribution in [-0.2, 0) is 5.75 Å². The topological polar surface area (TPSA) is 44.1 Å². The SMILES string of the molecule is COc1ccc(CSc2nc3ccccc3c(=O)n2-c2ccccc2Cl)cc1. The van der Waals surface area contributed by atoms with Crippen LogP contribution in [0.3, 0.4) is 0 Å². The lowest BCUT2D eigenvalue weighted by Crippen LogP contribution is -2.22. The van der Waals surface area contributed by atoms with E-state index in [1.807, 2.05) is 60.7 Å². The van der Waals surface area contributed by atoms with Crippen LogP contribution < -0.4 is 10.3 Å². The summed E-state index contributed by atoms with van der Waals surface area (Å²) in [6.07, 6.45) is 0. The molecule has 1 aromatic heterocycles. The molecule has 140 valence electrons. The number of nitrogens with zero attached hydrogens (tertiary/aromatic N) is 2. The van der Waals surface area contributed by atoms with Crippen molar-refractivity contribution in [3.8, 4) is 11.4 Å². The molecule has 0 saturated heterocycles. The zero-order chi connectivity index (χ0) is 19.5. The molecule has 6 heteroatoms. The van der Waals surface area contributed by atoms with E-state index >= 15 is 0 Å². The van der Waals surface area contributed by atoms with E-state index in [4.69, 9.17) is 21.3 Å². The molecule has 0 saturated carbocycles. The number of rotatable bonds is 5. The van der Waals surface area contributed by atoms with E-state index in [-0.39, 0.29) is 5.56 Å². The van der Waals surface area contributed by atoms with E-state index in [0.29, 0.717) is 32.5 Å². The monoisotopic (exact) mass is 408 g/mol. The first-order valence-corrected chi connectivity index (χ1v) is 10.1. The van der Waals surface area contributed by atoms with Crippen molar-refractivity contribution in [3.05, 3.63) is 93.7 Å². The zero-order valence-electron chi connectivity index (χ0n) is 15.1. The van der Waals surface area contributed by atoms with Crippen molar-refractivity contribution in [2.45, 2.75) is 10.9 Å². The Bertz CT molecular complexity index is 1190. The van der Waals surface area contributed by atoms with Crippen molar-refractivity contribution in [2.24, 2.45) is 0 Å². The van der Waals surface area contributed by atoms with E-state index in [1.54, 1.807) is 23.8 Å². The van der Waals surface area contributed by atoms with Gasteiger partial charge in [-0.3, -0.25) is 9.36 Å². The summed E-state index contributed by atoms with van der Waals surface area (Å²) in [5.41, 5.74) is 2.28. The predicted molar refractivity (Wildman–Crippen MR) is 115 cm³/mol. The minimum atomic E-state index is -0.129. The first-order valence-electron chi connectivity index (χ1n) is 8.70. The molecule has 0 radical (unpaired) electrons. The average molecular weight is 409 g/mol. The number of aromatic nitrogens is 2. The highest BCUT2D eigenvalue weighted by Gasteiger charge is 2.15. The summed E-state index contributed by atoms with van der Waals surface area (Å²) in [5, 5.41) is 1.68. The van der Waals surface area contributed by atoms with Crippen LogP contribution in [0.15, 0.2) is 82.7 Å². The first-order chi connectivity index (χ1) is 13.7. The predicted octanol–water partition coefficient (Wildman–Crippen LogP) is 5.34. The molecule has 3 aromatic carbocycles. The lowest BCUT2D eigenvalue weighted by Gasteiger charge is -2.14. The molecule has 0 atom stereocenters. The molecule has 0 aliphatic carbocycles. The highest BCUT2D eigenvalue weighted by Crippen LogP contribution is 2.28. The maximum absolute atomic E-state index is 13.2. The quantitative estimate of drug-likeness (QED) is 0.330. The molecule has 0 aliphatic rings. The Labute approximate surface area is 171 Å². The molecule has 0 unspecified atom stereocenters. The van der Waals surface area contributed by atoms with E-state index in [9.17, 15) is 4.79 Å². The van der Waals surface area contributed by atoms with Crippen LogP contribution in [0.5, 0.6) is 5.75 Å². The molecule has 0 aliphatic heterocycles. The number of hydrogen-bond acceptors (Lipinski definition) is 4. The second-order valence-corrected chi connectivity index (χ2v) is 7.49. The molecule has 0 N–H and O–H groups in total. The lowest BCUT2D eigenvalue weighted by atomic mass is 10.2. The summed E-state index contributed by atoms with van der Waals surface area (Å²) in [4.78, 5) is 18.0. The van der Waals surface area contributed by atoms with Gasteiger partial charge < -0.3 is 4.74 Å². The fourth-order valence-corrected chi connectivity index (χ4v) is 4.11. The Balaban J connectivity index is 1.80. The minimum Gasteiger partial charge on any atom is -0.497 e. The maximum Gasteiger partial charge on any atom is 0.266 e. The van der Waals surface area contributed by atoms with E-state index in [2.05, 4.69) is 0 Å². The Morgan fingerprint density at radius 3 is 2.46 bits per heavy atom. The summed E-state index contributed by atoms with van der Waals surface area (Å²) in [6, 6.07) is 22.5. The molecule has 4 nitrogen and oxygen atoms in total. The third-order valence-electron chi connectivity index (χ3n) is 4.37. The highest BCUT2D eigenvalue weighted by molar-refractivity contribution is 7.98. The van der Waals surface area contributed by atoms with Crippen molar-refractivity contribution >= 4 is 34.3 Å². The summed E-state index contributed by atoms with van der Waals surface area (Å²) in [6.45, 7) is 0. The van der Waals surface area contributed by atoms with Crippen LogP contribution in [0.4, 0.5) is 0 Å². The van der Waals surface area contributed by atoms with Gasteiger partial charge in [-0.25, -0.2) is 4.98 Å². The summed E-state index contributed by atoms with van der Waals surface area (Å²) in [5.74, 6) is 1.48. The van der Waals surface area contributed by atoms with Crippen LogP contribution in [-0.4, -0.2) is 16.7 Å². The number of halogens is 1. The maximum atomic E-state index is 13.2. The molecule has 28 heavy (non-hydrogen) atoms. The number of thioether (sulfide) groups is 1. The minimum absolute atomic E-state index is 0.129. The Morgan fingerprint density at radius 1 is 1.00 bits per heavy atom. The van der Waals surface area contributed by atoms with Crippen LogP contribution in [0.25, 0.3) is 16.6 Å². The van der Waals surface area contributed by atoms with Gasteiger partial charge in [-0.15, -0.1) is 0 Å². The molecular formula is C22H17ClN2O2S. The second kappa shape index (κ2) is 8.09. The molecule has 1 heterocycles. The van der Waals surface area contributed by atoms with E-state index in [0.717, 1.165) is 11.3 Å². The van der Waals surface area contributed by atoms with Gasteiger partial charge in [-0.1, -0.05) is 59.8 Å². The fourth-order valence-electron chi connectivity index (χ4n) is 2.92. The van der Waals surface area contributed by atoms with Crippen molar-refractivity contribution in [1.82, 2.24) is 9.55 Å². The van der Waals surface area contributed by atoms with Crippen LogP contribution in [0, 0.1) is 0 Å². The molecule has 4 rings (SSSR count). The Kier molecular flexibility index (Phi) is 5.37. The molecule has 0 bridgehead atoms. The van der Waals surface area contributed by atoms with Gasteiger partial charge in [0.25, 0.3) is 5.56 Å². The van der Waals surface area contributed by atoms with Crippen molar-refractivity contribution in [2.75, 3.05) is 7.11 Å². The number of ether oxygens (including phenoxy) is 1. The standard InChI is InChI=1S/C22H17ClN2O2S/c1-27-16-12-10-15(11-13-16)14-28-22-24-19-8-4-2-6-17(19)21(26)25(22)20-9-5-3-7-18(20)23/h2-13H,14H2,1H3. The van der Waals surface area contributed by atoms with Gasteiger partial charge in [0.05, 0.1) is 28.7 Å². The van der Waals surface area contributed by atoms with Gasteiger partial charge in [0.1, 0.15) is 5.75 Å². The third-order valence-corrected chi connectivity index (χ3v) is 5.69. The van der Waals surface area contributed by atoms with Crippen LogP contribution >= 0.6 is 23.4 Å². The van der Waals surface area contributed by atoms with Gasteiger partial charge in [-0.2, -0.15) is 0 Å². The van der Waals surface area contributed by atoms with Crippen LogP contribution in [0.2, 0.25) is 5.02 Å². The van der Waals surface area contributed by atoms with Crippen LogP contribution in [0.1, 0.15) is 5.56 Å². The first kappa shape index (κ1) is 18.6. The lowest BCUT2D eigenvalue weighted by molar-refractivity contribution is 0.414. The number of para-hydroxylation sites is 2. The van der Waals surface area contributed by atoms with Gasteiger partial charge in [0.15, 0.2) is 5.16 Å². The van der Waals surface area contributed by atoms with Gasteiger partial charge in [0.2, 0.25) is 0 Å². The normalized spacial score (nSPS) is 10.9. The number of benzene rings is 3. The van der Waals surface area contributed by atoms with E-state index < -0.39 is 0 Å². The summed E-state index contributed by atoms with van der Waals surface area (Å²) >= 11 is 7.89. The van der Waals surface area contributed by atoms with Crippen molar-refractivity contribution in [3.63, 3.8) is 0 Å². The van der Waals surface area contributed by atoms with Gasteiger partial charge >= 0.3 is 0 Å². The summed E-state index contributed by atoms with van der Waals surface area (Å²) < 4.78 is 6.80. The largest absolute Gasteiger partial charge is 0.497 e. The van der Waals surface area contributed by atoms with Crippen molar-refractivity contribution < 1.29 is 4.74 Å². The van der Waals surface area contributed by atoms with E-state index in [1.165, 1.54) is 11.8 Å². The smallest absolute Gasteiger partial charge is 0.266 e. The number of hydrogen-bond donors (Lipinski definition) is 0. The molecule has 4 aromatic rings. The third kappa shape index (κ3) is 3.63. The Hall–Kier alpha value is -2.76.